The molecule has 0 spiro atoms. The van der Waals surface area contributed by atoms with Gasteiger partial charge in [0.2, 0.25) is 0 Å². The first-order valence-electron chi connectivity index (χ1n) is 6.94. The Kier molecular flexibility index (Phi) is 3.68. The summed E-state index contributed by atoms with van der Waals surface area (Å²) in [6.07, 6.45) is 10.5. The summed E-state index contributed by atoms with van der Waals surface area (Å²) in [7, 11) is 0. The molecule has 0 bridgehead atoms. The monoisotopic (exact) mass is 223 g/mol. The molecule has 92 valence electrons. The SMILES string of the molecule is CC1(C(=O)C2CCCCCC2)CCCC1N. The minimum Gasteiger partial charge on any atom is -0.327 e. The van der Waals surface area contributed by atoms with E-state index in [1.165, 1.54) is 25.7 Å². The minimum atomic E-state index is -0.199. The van der Waals surface area contributed by atoms with Crippen molar-refractivity contribution in [3.8, 4) is 0 Å². The van der Waals surface area contributed by atoms with E-state index in [1.807, 2.05) is 0 Å². The van der Waals surface area contributed by atoms with Crippen LogP contribution in [0.5, 0.6) is 0 Å². The molecule has 0 amide bonds. The van der Waals surface area contributed by atoms with E-state index in [2.05, 4.69) is 6.92 Å². The molecule has 0 heterocycles. The fourth-order valence-electron chi connectivity index (χ4n) is 3.51. The van der Waals surface area contributed by atoms with Crippen molar-refractivity contribution in [1.29, 1.82) is 0 Å². The first-order chi connectivity index (χ1) is 7.64. The number of nitrogens with two attached hydrogens (primary N) is 1. The Labute approximate surface area is 99.0 Å². The molecule has 2 heteroatoms. The molecule has 0 aromatic heterocycles. The van der Waals surface area contributed by atoms with Crippen LogP contribution in [0.4, 0.5) is 0 Å². The molecule has 2 nitrogen and oxygen atoms in total. The van der Waals surface area contributed by atoms with E-state index in [1.54, 1.807) is 0 Å². The fourth-order valence-corrected chi connectivity index (χ4v) is 3.51. The molecule has 0 aliphatic heterocycles. The maximum absolute atomic E-state index is 12.6. The molecule has 2 unspecified atom stereocenters. The van der Waals surface area contributed by atoms with Gasteiger partial charge in [-0.1, -0.05) is 39.0 Å². The molecule has 2 atom stereocenters. The van der Waals surface area contributed by atoms with Gasteiger partial charge in [0.05, 0.1) is 0 Å². The Morgan fingerprint density at radius 2 is 1.69 bits per heavy atom. The normalized spacial score (nSPS) is 37.2. The highest BCUT2D eigenvalue weighted by Gasteiger charge is 2.45. The van der Waals surface area contributed by atoms with Gasteiger partial charge in [-0.25, -0.2) is 0 Å². The van der Waals surface area contributed by atoms with Crippen LogP contribution in [0.1, 0.15) is 64.7 Å². The van der Waals surface area contributed by atoms with Crippen molar-refractivity contribution < 1.29 is 4.79 Å². The second-order valence-corrected chi connectivity index (χ2v) is 5.97. The molecule has 2 aliphatic carbocycles. The van der Waals surface area contributed by atoms with Crippen molar-refractivity contribution in [2.75, 3.05) is 0 Å². The smallest absolute Gasteiger partial charge is 0.143 e. The summed E-state index contributed by atoms with van der Waals surface area (Å²) in [5.74, 6) is 0.802. The van der Waals surface area contributed by atoms with Crippen LogP contribution in [0, 0.1) is 11.3 Å². The van der Waals surface area contributed by atoms with Gasteiger partial charge in [-0.2, -0.15) is 0 Å². The van der Waals surface area contributed by atoms with E-state index in [0.29, 0.717) is 11.7 Å². The lowest BCUT2D eigenvalue weighted by atomic mass is 9.74. The molecule has 2 rings (SSSR count). The van der Waals surface area contributed by atoms with Crippen molar-refractivity contribution >= 4 is 5.78 Å². The van der Waals surface area contributed by atoms with Crippen molar-refractivity contribution in [3.63, 3.8) is 0 Å². The third kappa shape index (κ3) is 2.17. The predicted octanol–water partition coefficient (Wildman–Crippen LogP) is 3.04. The van der Waals surface area contributed by atoms with Gasteiger partial charge in [-0.3, -0.25) is 4.79 Å². The highest BCUT2D eigenvalue weighted by Crippen LogP contribution is 2.41. The number of hydrogen-bond donors (Lipinski definition) is 1. The number of hydrogen-bond acceptors (Lipinski definition) is 2. The lowest BCUT2D eigenvalue weighted by molar-refractivity contribution is -0.132. The number of ketones is 1. The zero-order chi connectivity index (χ0) is 11.6. The number of carbonyl (C=O) groups is 1. The summed E-state index contributed by atoms with van der Waals surface area (Å²) < 4.78 is 0. The van der Waals surface area contributed by atoms with Gasteiger partial charge < -0.3 is 5.73 Å². The Morgan fingerprint density at radius 1 is 1.06 bits per heavy atom. The summed E-state index contributed by atoms with van der Waals surface area (Å²) in [6.45, 7) is 2.11. The molecule has 16 heavy (non-hydrogen) atoms. The van der Waals surface area contributed by atoms with E-state index in [0.717, 1.165) is 32.1 Å². The summed E-state index contributed by atoms with van der Waals surface area (Å²) in [6, 6.07) is 0.114. The van der Waals surface area contributed by atoms with E-state index in [-0.39, 0.29) is 11.5 Å². The van der Waals surface area contributed by atoms with E-state index < -0.39 is 0 Å². The van der Waals surface area contributed by atoms with Gasteiger partial charge in [-0.05, 0) is 25.7 Å². The van der Waals surface area contributed by atoms with Gasteiger partial charge in [0, 0.05) is 17.4 Å². The first kappa shape index (κ1) is 12.1. The van der Waals surface area contributed by atoms with Crippen LogP contribution >= 0.6 is 0 Å². The standard InChI is InChI=1S/C14H25NO/c1-14(10-6-9-12(14)15)13(16)11-7-4-2-3-5-8-11/h11-12H,2-10,15H2,1H3. The zero-order valence-corrected chi connectivity index (χ0v) is 10.5. The third-order valence-corrected chi connectivity index (χ3v) is 4.82. The molecule has 0 saturated heterocycles. The highest BCUT2D eigenvalue weighted by molar-refractivity contribution is 5.87. The summed E-state index contributed by atoms with van der Waals surface area (Å²) >= 11 is 0. The first-order valence-corrected chi connectivity index (χ1v) is 6.94. The maximum Gasteiger partial charge on any atom is 0.143 e. The van der Waals surface area contributed by atoms with Crippen molar-refractivity contribution in [3.05, 3.63) is 0 Å². The summed E-state index contributed by atoms with van der Waals surface area (Å²) in [4.78, 5) is 12.6. The molecule has 0 aromatic rings. The Hall–Kier alpha value is -0.370. The Balaban J connectivity index is 2.05. The quantitative estimate of drug-likeness (QED) is 0.731. The zero-order valence-electron chi connectivity index (χ0n) is 10.5. The van der Waals surface area contributed by atoms with Crippen LogP contribution in [0.3, 0.4) is 0 Å². The van der Waals surface area contributed by atoms with Crippen molar-refractivity contribution in [2.24, 2.45) is 17.1 Å². The summed E-state index contributed by atoms with van der Waals surface area (Å²) in [5.41, 5.74) is 5.94. The molecular formula is C14H25NO. The topological polar surface area (TPSA) is 43.1 Å². The third-order valence-electron chi connectivity index (χ3n) is 4.82. The van der Waals surface area contributed by atoms with Gasteiger partial charge in [-0.15, -0.1) is 0 Å². The van der Waals surface area contributed by atoms with Crippen molar-refractivity contribution in [2.45, 2.75) is 70.8 Å². The van der Waals surface area contributed by atoms with Gasteiger partial charge in [0.15, 0.2) is 0 Å². The average Bonchev–Trinajstić information content (AvgIpc) is 2.53. The Morgan fingerprint density at radius 3 is 2.19 bits per heavy atom. The van der Waals surface area contributed by atoms with Gasteiger partial charge >= 0.3 is 0 Å². The number of carbonyl (C=O) groups excluding carboxylic acids is 1. The largest absolute Gasteiger partial charge is 0.327 e. The van der Waals surface area contributed by atoms with Crippen LogP contribution < -0.4 is 5.73 Å². The van der Waals surface area contributed by atoms with Crippen LogP contribution in [0.25, 0.3) is 0 Å². The van der Waals surface area contributed by atoms with Crippen molar-refractivity contribution in [1.82, 2.24) is 0 Å². The molecule has 2 aliphatic rings. The number of Topliss-reactive ketones (excluding diaryl/α,β-unsaturated/α-hetero) is 1. The minimum absolute atomic E-state index is 0.114. The maximum atomic E-state index is 12.6. The molecular weight excluding hydrogens is 198 g/mol. The van der Waals surface area contributed by atoms with Gasteiger partial charge in [0.25, 0.3) is 0 Å². The number of rotatable bonds is 2. The molecule has 2 saturated carbocycles. The molecule has 2 fully saturated rings. The van der Waals surface area contributed by atoms with Crippen LogP contribution in [0.15, 0.2) is 0 Å². The molecule has 0 aromatic carbocycles. The second kappa shape index (κ2) is 4.87. The molecule has 2 N–H and O–H groups in total. The fraction of sp³-hybridized carbons (Fsp3) is 0.929. The van der Waals surface area contributed by atoms with Crippen LogP contribution in [-0.4, -0.2) is 11.8 Å². The highest BCUT2D eigenvalue weighted by atomic mass is 16.1. The van der Waals surface area contributed by atoms with E-state index in [9.17, 15) is 4.79 Å². The van der Waals surface area contributed by atoms with Crippen LogP contribution in [-0.2, 0) is 4.79 Å². The lowest BCUT2D eigenvalue weighted by Gasteiger charge is -2.31. The van der Waals surface area contributed by atoms with E-state index >= 15 is 0 Å². The summed E-state index contributed by atoms with van der Waals surface area (Å²) in [5, 5.41) is 0. The van der Waals surface area contributed by atoms with Crippen LogP contribution in [0.2, 0.25) is 0 Å². The Bertz CT molecular complexity index is 255. The van der Waals surface area contributed by atoms with E-state index in [4.69, 9.17) is 5.73 Å². The lowest BCUT2D eigenvalue weighted by Crippen LogP contribution is -2.44. The molecule has 0 radical (unpaired) electrons. The average molecular weight is 223 g/mol. The second-order valence-electron chi connectivity index (χ2n) is 5.97. The van der Waals surface area contributed by atoms with Gasteiger partial charge in [0.1, 0.15) is 5.78 Å². The predicted molar refractivity (Wildman–Crippen MR) is 66.1 cm³/mol.